The van der Waals surface area contributed by atoms with Gasteiger partial charge in [0.25, 0.3) is 0 Å². The van der Waals surface area contributed by atoms with Gasteiger partial charge in [-0.05, 0) is 19.9 Å². The van der Waals surface area contributed by atoms with Crippen LogP contribution >= 0.6 is 0 Å². The Morgan fingerprint density at radius 2 is 2.12 bits per heavy atom. The van der Waals surface area contributed by atoms with E-state index in [1.807, 2.05) is 25.4 Å². The fraction of sp³-hybridized carbons (Fsp3) is 0.417. The number of anilines is 1. The third-order valence-corrected chi connectivity index (χ3v) is 2.53. The fourth-order valence-electron chi connectivity index (χ4n) is 1.69. The van der Waals surface area contributed by atoms with Crippen LogP contribution in [0.3, 0.4) is 0 Å². The molecule has 0 saturated carbocycles. The fourth-order valence-corrected chi connectivity index (χ4v) is 1.69. The monoisotopic (exact) mass is 231 g/mol. The lowest BCUT2D eigenvalue weighted by Gasteiger charge is -2.06. The van der Waals surface area contributed by atoms with Crippen molar-refractivity contribution in [3.8, 4) is 0 Å². The standard InChI is InChI=1S/C12H17N5/c1-3-13-12-15-6-5-10(16-12)9-11-14-7-8-17(11)4-2/h5-8H,3-4,9H2,1-2H3,(H,13,15,16). The second-order valence-electron chi connectivity index (χ2n) is 3.71. The van der Waals surface area contributed by atoms with E-state index in [-0.39, 0.29) is 0 Å². The van der Waals surface area contributed by atoms with Crippen LogP contribution in [0.1, 0.15) is 25.4 Å². The van der Waals surface area contributed by atoms with Crippen LogP contribution in [0.2, 0.25) is 0 Å². The molecular formula is C12H17N5. The van der Waals surface area contributed by atoms with E-state index in [2.05, 4.69) is 31.8 Å². The van der Waals surface area contributed by atoms with E-state index >= 15 is 0 Å². The van der Waals surface area contributed by atoms with Crippen molar-refractivity contribution < 1.29 is 0 Å². The highest BCUT2D eigenvalue weighted by molar-refractivity contribution is 5.25. The Kier molecular flexibility index (Phi) is 3.69. The molecule has 0 radical (unpaired) electrons. The van der Waals surface area contributed by atoms with Gasteiger partial charge in [-0.3, -0.25) is 0 Å². The summed E-state index contributed by atoms with van der Waals surface area (Å²) in [6.45, 7) is 5.89. The van der Waals surface area contributed by atoms with E-state index in [1.54, 1.807) is 6.20 Å². The maximum atomic E-state index is 4.44. The molecular weight excluding hydrogens is 214 g/mol. The first-order valence-corrected chi connectivity index (χ1v) is 5.89. The minimum atomic E-state index is 0.680. The summed E-state index contributed by atoms with van der Waals surface area (Å²) in [6, 6.07) is 1.93. The van der Waals surface area contributed by atoms with Gasteiger partial charge in [-0.15, -0.1) is 0 Å². The zero-order valence-corrected chi connectivity index (χ0v) is 10.2. The number of aryl methyl sites for hydroxylation is 1. The van der Waals surface area contributed by atoms with Gasteiger partial charge in [-0.25, -0.2) is 15.0 Å². The van der Waals surface area contributed by atoms with Crippen LogP contribution in [0.25, 0.3) is 0 Å². The van der Waals surface area contributed by atoms with Crippen molar-refractivity contribution in [3.05, 3.63) is 36.2 Å². The van der Waals surface area contributed by atoms with Gasteiger partial charge in [0, 0.05) is 38.1 Å². The minimum absolute atomic E-state index is 0.680. The Hall–Kier alpha value is -1.91. The maximum Gasteiger partial charge on any atom is 0.222 e. The molecule has 0 aliphatic heterocycles. The van der Waals surface area contributed by atoms with Crippen molar-refractivity contribution in [2.24, 2.45) is 0 Å². The number of hydrogen-bond acceptors (Lipinski definition) is 4. The molecule has 0 spiro atoms. The summed E-state index contributed by atoms with van der Waals surface area (Å²) < 4.78 is 2.12. The van der Waals surface area contributed by atoms with Crippen LogP contribution in [-0.4, -0.2) is 26.1 Å². The molecule has 0 unspecified atom stereocenters. The maximum absolute atomic E-state index is 4.44. The van der Waals surface area contributed by atoms with Crippen molar-refractivity contribution in [2.45, 2.75) is 26.8 Å². The molecule has 0 bridgehead atoms. The molecule has 5 nitrogen and oxygen atoms in total. The molecule has 2 heterocycles. The number of aromatic nitrogens is 4. The molecule has 0 aliphatic rings. The molecule has 0 fully saturated rings. The Morgan fingerprint density at radius 1 is 1.24 bits per heavy atom. The van der Waals surface area contributed by atoms with Crippen LogP contribution in [0, 0.1) is 0 Å². The first-order valence-electron chi connectivity index (χ1n) is 5.89. The highest BCUT2D eigenvalue weighted by Crippen LogP contribution is 2.07. The normalized spacial score (nSPS) is 10.5. The summed E-state index contributed by atoms with van der Waals surface area (Å²) in [6.07, 6.45) is 6.33. The quantitative estimate of drug-likeness (QED) is 0.851. The summed E-state index contributed by atoms with van der Waals surface area (Å²) in [7, 11) is 0. The number of nitrogens with zero attached hydrogens (tertiary/aromatic N) is 4. The highest BCUT2D eigenvalue weighted by Gasteiger charge is 2.05. The third-order valence-electron chi connectivity index (χ3n) is 2.53. The van der Waals surface area contributed by atoms with Gasteiger partial charge in [-0.1, -0.05) is 0 Å². The molecule has 0 aliphatic carbocycles. The largest absolute Gasteiger partial charge is 0.354 e. The molecule has 0 aromatic carbocycles. The SMILES string of the molecule is CCNc1nccc(Cc2nccn2CC)n1. The van der Waals surface area contributed by atoms with Gasteiger partial charge >= 0.3 is 0 Å². The Labute approximate surface area is 101 Å². The third kappa shape index (κ3) is 2.81. The van der Waals surface area contributed by atoms with Gasteiger partial charge in [-0.2, -0.15) is 0 Å². The lowest BCUT2D eigenvalue weighted by atomic mass is 10.3. The number of nitrogens with one attached hydrogen (secondary N) is 1. The molecule has 1 N–H and O–H groups in total. The molecule has 90 valence electrons. The molecule has 0 saturated heterocycles. The van der Waals surface area contributed by atoms with Crippen molar-refractivity contribution >= 4 is 5.95 Å². The van der Waals surface area contributed by atoms with E-state index in [0.717, 1.165) is 31.0 Å². The number of hydrogen-bond donors (Lipinski definition) is 1. The van der Waals surface area contributed by atoms with Crippen LogP contribution in [0.5, 0.6) is 0 Å². The van der Waals surface area contributed by atoms with Crippen molar-refractivity contribution in [1.82, 2.24) is 19.5 Å². The molecule has 17 heavy (non-hydrogen) atoms. The zero-order valence-electron chi connectivity index (χ0n) is 10.2. The summed E-state index contributed by atoms with van der Waals surface area (Å²) in [4.78, 5) is 12.9. The smallest absolute Gasteiger partial charge is 0.222 e. The van der Waals surface area contributed by atoms with Gasteiger partial charge in [0.15, 0.2) is 0 Å². The highest BCUT2D eigenvalue weighted by atomic mass is 15.1. The summed E-state index contributed by atoms with van der Waals surface area (Å²) >= 11 is 0. The topological polar surface area (TPSA) is 55.6 Å². The summed E-state index contributed by atoms with van der Waals surface area (Å²) in [5.41, 5.74) is 0.983. The van der Waals surface area contributed by atoms with Crippen LogP contribution in [0.15, 0.2) is 24.7 Å². The van der Waals surface area contributed by atoms with Crippen molar-refractivity contribution in [3.63, 3.8) is 0 Å². The first-order chi connectivity index (χ1) is 8.33. The summed E-state index contributed by atoms with van der Waals surface area (Å²) in [5, 5.41) is 3.11. The lowest BCUT2D eigenvalue weighted by Crippen LogP contribution is -2.06. The van der Waals surface area contributed by atoms with E-state index in [9.17, 15) is 0 Å². The molecule has 0 amide bonds. The van der Waals surface area contributed by atoms with Crippen LogP contribution < -0.4 is 5.32 Å². The molecule has 2 rings (SSSR count). The Morgan fingerprint density at radius 3 is 2.88 bits per heavy atom. The molecule has 5 heteroatoms. The van der Waals surface area contributed by atoms with Gasteiger partial charge in [0.2, 0.25) is 5.95 Å². The number of rotatable bonds is 5. The lowest BCUT2D eigenvalue weighted by molar-refractivity contribution is 0.708. The Balaban J connectivity index is 2.15. The van der Waals surface area contributed by atoms with E-state index in [0.29, 0.717) is 5.95 Å². The minimum Gasteiger partial charge on any atom is -0.354 e. The van der Waals surface area contributed by atoms with E-state index in [4.69, 9.17) is 0 Å². The second-order valence-corrected chi connectivity index (χ2v) is 3.71. The molecule has 2 aromatic rings. The predicted octanol–water partition coefficient (Wildman–Crippen LogP) is 1.72. The van der Waals surface area contributed by atoms with Crippen LogP contribution in [0.4, 0.5) is 5.95 Å². The van der Waals surface area contributed by atoms with Gasteiger partial charge < -0.3 is 9.88 Å². The zero-order chi connectivity index (χ0) is 12.1. The Bertz CT molecular complexity index is 477. The predicted molar refractivity (Wildman–Crippen MR) is 66.9 cm³/mol. The van der Waals surface area contributed by atoms with Crippen LogP contribution in [-0.2, 0) is 13.0 Å². The van der Waals surface area contributed by atoms with Gasteiger partial charge in [0.1, 0.15) is 5.82 Å². The van der Waals surface area contributed by atoms with E-state index in [1.165, 1.54) is 0 Å². The summed E-state index contributed by atoms with van der Waals surface area (Å²) in [5.74, 6) is 1.72. The molecule has 2 aromatic heterocycles. The van der Waals surface area contributed by atoms with Crippen molar-refractivity contribution in [1.29, 1.82) is 0 Å². The average Bonchev–Trinajstić information content (AvgIpc) is 2.77. The number of imidazole rings is 1. The van der Waals surface area contributed by atoms with Crippen molar-refractivity contribution in [2.75, 3.05) is 11.9 Å². The second kappa shape index (κ2) is 5.43. The van der Waals surface area contributed by atoms with E-state index < -0.39 is 0 Å². The first kappa shape index (κ1) is 11.6. The van der Waals surface area contributed by atoms with Gasteiger partial charge in [0.05, 0.1) is 5.69 Å². The average molecular weight is 231 g/mol. The molecule has 0 atom stereocenters.